The summed E-state index contributed by atoms with van der Waals surface area (Å²) in [6, 6.07) is 0. The fraction of sp³-hybridized carbons (Fsp3) is 0.538. The SMILES string of the molecule is CC(C(=O)NS(=O)(=O)c1c(C)cnn1C)=C1CCCC1. The molecule has 0 unspecified atom stereocenters. The van der Waals surface area contributed by atoms with Crippen molar-refractivity contribution in [2.75, 3.05) is 0 Å². The number of amides is 1. The molecule has 1 saturated carbocycles. The lowest BCUT2D eigenvalue weighted by atomic mass is 10.1. The Morgan fingerprint density at radius 2 is 1.95 bits per heavy atom. The first-order valence-corrected chi connectivity index (χ1v) is 8.05. The molecular weight excluding hydrogens is 278 g/mol. The topological polar surface area (TPSA) is 81.1 Å². The highest BCUT2D eigenvalue weighted by Crippen LogP contribution is 2.27. The van der Waals surface area contributed by atoms with Crippen molar-refractivity contribution in [3.63, 3.8) is 0 Å². The molecule has 1 aliphatic carbocycles. The fourth-order valence-electron chi connectivity index (χ4n) is 2.51. The van der Waals surface area contributed by atoms with Gasteiger partial charge in [0.15, 0.2) is 5.03 Å². The Kier molecular flexibility index (Phi) is 3.99. The maximum Gasteiger partial charge on any atom is 0.281 e. The maximum atomic E-state index is 12.2. The van der Waals surface area contributed by atoms with Crippen molar-refractivity contribution in [3.05, 3.63) is 22.9 Å². The minimum atomic E-state index is -3.89. The van der Waals surface area contributed by atoms with E-state index in [0.29, 0.717) is 11.1 Å². The number of allylic oxidation sites excluding steroid dienone is 1. The van der Waals surface area contributed by atoms with Crippen LogP contribution in [0.5, 0.6) is 0 Å². The average Bonchev–Trinajstić information content (AvgIpc) is 2.97. The summed E-state index contributed by atoms with van der Waals surface area (Å²) in [5.74, 6) is -0.539. The molecule has 1 N–H and O–H groups in total. The Morgan fingerprint density at radius 1 is 1.35 bits per heavy atom. The van der Waals surface area contributed by atoms with Gasteiger partial charge in [-0.05, 0) is 39.5 Å². The number of carbonyl (C=O) groups excluding carboxylic acids is 1. The first-order chi connectivity index (χ1) is 9.33. The van der Waals surface area contributed by atoms with Gasteiger partial charge in [0, 0.05) is 18.2 Å². The number of carbonyl (C=O) groups is 1. The summed E-state index contributed by atoms with van der Waals surface area (Å²) in [5.41, 5.74) is 2.09. The van der Waals surface area contributed by atoms with E-state index in [1.807, 2.05) is 0 Å². The predicted octanol–water partition coefficient (Wildman–Crippen LogP) is 1.42. The summed E-state index contributed by atoms with van der Waals surface area (Å²) in [7, 11) is -2.35. The number of aryl methyl sites for hydroxylation is 2. The normalized spacial score (nSPS) is 15.4. The van der Waals surface area contributed by atoms with Crippen LogP contribution in [0, 0.1) is 6.92 Å². The maximum absolute atomic E-state index is 12.2. The lowest BCUT2D eigenvalue weighted by Gasteiger charge is -2.10. The Hall–Kier alpha value is -1.63. The summed E-state index contributed by atoms with van der Waals surface area (Å²) in [6.07, 6.45) is 5.34. The average molecular weight is 297 g/mol. The highest BCUT2D eigenvalue weighted by atomic mass is 32.2. The van der Waals surface area contributed by atoms with E-state index in [9.17, 15) is 13.2 Å². The van der Waals surface area contributed by atoms with Gasteiger partial charge < -0.3 is 0 Å². The van der Waals surface area contributed by atoms with E-state index in [1.165, 1.54) is 17.9 Å². The second-order valence-electron chi connectivity index (χ2n) is 5.13. The Balaban J connectivity index is 2.25. The van der Waals surface area contributed by atoms with Crippen molar-refractivity contribution in [3.8, 4) is 0 Å². The van der Waals surface area contributed by atoms with Crippen molar-refractivity contribution in [2.24, 2.45) is 7.05 Å². The van der Waals surface area contributed by atoms with Crippen LogP contribution in [-0.4, -0.2) is 24.1 Å². The van der Waals surface area contributed by atoms with E-state index in [4.69, 9.17) is 0 Å². The first kappa shape index (κ1) is 14.8. The van der Waals surface area contributed by atoms with Gasteiger partial charge in [0.25, 0.3) is 15.9 Å². The molecule has 1 heterocycles. The lowest BCUT2D eigenvalue weighted by molar-refractivity contribution is -0.115. The van der Waals surface area contributed by atoms with Crippen molar-refractivity contribution < 1.29 is 13.2 Å². The summed E-state index contributed by atoms with van der Waals surface area (Å²) >= 11 is 0. The zero-order valence-corrected chi connectivity index (χ0v) is 12.7. The zero-order valence-electron chi connectivity index (χ0n) is 11.9. The molecule has 0 bridgehead atoms. The summed E-state index contributed by atoms with van der Waals surface area (Å²) in [6.45, 7) is 3.33. The second kappa shape index (κ2) is 5.40. The number of nitrogens with one attached hydrogen (secondary N) is 1. The highest BCUT2D eigenvalue weighted by molar-refractivity contribution is 7.90. The Bertz CT molecular complexity index is 644. The van der Waals surface area contributed by atoms with E-state index in [2.05, 4.69) is 9.82 Å². The molecular formula is C13H19N3O3S. The van der Waals surface area contributed by atoms with E-state index in [-0.39, 0.29) is 5.03 Å². The highest BCUT2D eigenvalue weighted by Gasteiger charge is 2.25. The van der Waals surface area contributed by atoms with E-state index < -0.39 is 15.9 Å². The molecule has 7 heteroatoms. The van der Waals surface area contributed by atoms with Crippen LogP contribution in [-0.2, 0) is 21.9 Å². The van der Waals surface area contributed by atoms with Gasteiger partial charge in [0.2, 0.25) is 0 Å². The van der Waals surface area contributed by atoms with E-state index in [0.717, 1.165) is 31.3 Å². The van der Waals surface area contributed by atoms with Gasteiger partial charge in [0.05, 0.1) is 6.20 Å². The third-order valence-corrected chi connectivity index (χ3v) is 5.16. The van der Waals surface area contributed by atoms with Gasteiger partial charge in [-0.15, -0.1) is 0 Å². The molecule has 1 fully saturated rings. The minimum absolute atomic E-state index is 0.0232. The molecule has 0 saturated heterocycles. The largest absolute Gasteiger partial charge is 0.281 e. The second-order valence-corrected chi connectivity index (χ2v) is 6.72. The fourth-order valence-corrected chi connectivity index (χ4v) is 3.87. The van der Waals surface area contributed by atoms with Gasteiger partial charge >= 0.3 is 0 Å². The first-order valence-electron chi connectivity index (χ1n) is 6.57. The standard InChI is InChI=1S/C13H19N3O3S/c1-9-8-14-16(3)13(9)20(18,19)15-12(17)10(2)11-6-4-5-7-11/h8H,4-7H2,1-3H3,(H,15,17). The van der Waals surface area contributed by atoms with Crippen molar-refractivity contribution in [2.45, 2.75) is 44.6 Å². The van der Waals surface area contributed by atoms with Crippen molar-refractivity contribution >= 4 is 15.9 Å². The van der Waals surface area contributed by atoms with Gasteiger partial charge in [-0.3, -0.25) is 9.48 Å². The molecule has 1 aromatic heterocycles. The van der Waals surface area contributed by atoms with Gasteiger partial charge in [-0.1, -0.05) is 5.57 Å². The number of rotatable bonds is 3. The zero-order chi connectivity index (χ0) is 14.9. The van der Waals surface area contributed by atoms with Gasteiger partial charge in [0.1, 0.15) is 0 Å². The van der Waals surface area contributed by atoms with Crippen LogP contribution in [0.1, 0.15) is 38.2 Å². The molecule has 1 amide bonds. The van der Waals surface area contributed by atoms with Crippen molar-refractivity contribution in [1.29, 1.82) is 0 Å². The molecule has 1 aromatic rings. The van der Waals surface area contributed by atoms with Crippen LogP contribution in [0.25, 0.3) is 0 Å². The van der Waals surface area contributed by atoms with Crippen LogP contribution in [0.15, 0.2) is 22.4 Å². The molecule has 0 atom stereocenters. The van der Waals surface area contributed by atoms with Gasteiger partial charge in [-0.25, -0.2) is 4.72 Å². The number of hydrogen-bond acceptors (Lipinski definition) is 4. The molecule has 6 nitrogen and oxygen atoms in total. The minimum Gasteiger partial charge on any atom is -0.269 e. The van der Waals surface area contributed by atoms with E-state index in [1.54, 1.807) is 13.8 Å². The molecule has 0 aromatic carbocycles. The number of hydrogen-bond donors (Lipinski definition) is 1. The third kappa shape index (κ3) is 2.77. The smallest absolute Gasteiger partial charge is 0.269 e. The summed E-state index contributed by atoms with van der Waals surface area (Å²) in [4.78, 5) is 12.1. The predicted molar refractivity (Wildman–Crippen MR) is 74.4 cm³/mol. The third-order valence-electron chi connectivity index (χ3n) is 3.62. The quantitative estimate of drug-likeness (QED) is 0.856. The van der Waals surface area contributed by atoms with Crippen LogP contribution >= 0.6 is 0 Å². The molecule has 0 aliphatic heterocycles. The van der Waals surface area contributed by atoms with Crippen molar-refractivity contribution in [1.82, 2.24) is 14.5 Å². The molecule has 1 aliphatic rings. The van der Waals surface area contributed by atoms with Crippen LogP contribution < -0.4 is 4.72 Å². The lowest BCUT2D eigenvalue weighted by Crippen LogP contribution is -2.33. The summed E-state index contributed by atoms with van der Waals surface area (Å²) < 4.78 is 27.9. The number of sulfonamides is 1. The van der Waals surface area contributed by atoms with Gasteiger partial charge in [-0.2, -0.15) is 13.5 Å². The monoisotopic (exact) mass is 297 g/mol. The molecule has 20 heavy (non-hydrogen) atoms. The molecule has 2 rings (SSSR count). The Morgan fingerprint density at radius 3 is 2.45 bits per heavy atom. The van der Waals surface area contributed by atoms with Crippen LogP contribution in [0.3, 0.4) is 0 Å². The van der Waals surface area contributed by atoms with Crippen LogP contribution in [0.4, 0.5) is 0 Å². The molecule has 0 spiro atoms. The van der Waals surface area contributed by atoms with E-state index >= 15 is 0 Å². The Labute approximate surface area is 118 Å². The van der Waals surface area contributed by atoms with Crippen LogP contribution in [0.2, 0.25) is 0 Å². The molecule has 110 valence electrons. The number of aromatic nitrogens is 2. The molecule has 0 radical (unpaired) electrons. The summed E-state index contributed by atoms with van der Waals surface area (Å²) in [5, 5.41) is 3.91. The number of nitrogens with zero attached hydrogens (tertiary/aromatic N) is 2.